The largest absolute Gasteiger partial charge is 0.444 e. The van der Waals surface area contributed by atoms with Crippen LogP contribution in [0.3, 0.4) is 0 Å². The number of ether oxygens (including phenoxy) is 1. The van der Waals surface area contributed by atoms with Crippen LogP contribution in [0.5, 0.6) is 0 Å². The van der Waals surface area contributed by atoms with E-state index < -0.39 is 17.2 Å². The van der Waals surface area contributed by atoms with E-state index in [1.807, 2.05) is 29.2 Å². The topological polar surface area (TPSA) is 90.9 Å². The van der Waals surface area contributed by atoms with Crippen LogP contribution in [0.15, 0.2) is 42.5 Å². The van der Waals surface area contributed by atoms with E-state index in [4.69, 9.17) is 4.74 Å². The van der Waals surface area contributed by atoms with Crippen LogP contribution in [0, 0.1) is 5.82 Å². The van der Waals surface area contributed by atoms with E-state index in [1.165, 1.54) is 19.2 Å². The highest BCUT2D eigenvalue weighted by atomic mass is 19.1. The molecule has 1 aliphatic heterocycles. The summed E-state index contributed by atoms with van der Waals surface area (Å²) < 4.78 is 19.1. The maximum absolute atomic E-state index is 13.7. The Labute approximate surface area is 193 Å². The molecule has 1 atom stereocenters. The quantitative estimate of drug-likeness (QED) is 0.638. The van der Waals surface area contributed by atoms with Crippen LogP contribution in [0.4, 0.5) is 14.9 Å². The number of aliphatic hydroxyl groups excluding tert-OH is 1. The van der Waals surface area contributed by atoms with Crippen LogP contribution < -0.4 is 15.5 Å². The summed E-state index contributed by atoms with van der Waals surface area (Å²) in [6.07, 6.45) is 0.453. The Bertz CT molecular complexity index is 1020. The Morgan fingerprint density at radius 3 is 2.55 bits per heavy atom. The number of nitrogens with one attached hydrogen (secondary N) is 2. The number of carbonyl (C=O) groups is 2. The van der Waals surface area contributed by atoms with Crippen molar-refractivity contribution in [1.82, 2.24) is 10.6 Å². The van der Waals surface area contributed by atoms with E-state index in [-0.39, 0.29) is 24.9 Å². The van der Waals surface area contributed by atoms with Crippen molar-refractivity contribution in [2.75, 3.05) is 25.0 Å². The normalized spacial score (nSPS) is 18.5. The van der Waals surface area contributed by atoms with Crippen molar-refractivity contribution in [2.45, 2.75) is 51.4 Å². The Kier molecular flexibility index (Phi) is 7.27. The van der Waals surface area contributed by atoms with Gasteiger partial charge in [0.15, 0.2) is 0 Å². The van der Waals surface area contributed by atoms with Crippen molar-refractivity contribution >= 4 is 17.7 Å². The second-order valence-corrected chi connectivity index (χ2v) is 9.33. The summed E-state index contributed by atoms with van der Waals surface area (Å²) >= 11 is 0. The Hall–Kier alpha value is -3.13. The van der Waals surface area contributed by atoms with Crippen molar-refractivity contribution in [3.8, 4) is 11.1 Å². The molecule has 7 nitrogen and oxygen atoms in total. The molecule has 2 aromatic carbocycles. The highest BCUT2D eigenvalue weighted by Crippen LogP contribution is 2.32. The van der Waals surface area contributed by atoms with Crippen LogP contribution in [0.25, 0.3) is 11.1 Å². The molecule has 3 N–H and O–H groups in total. The van der Waals surface area contributed by atoms with E-state index >= 15 is 0 Å². The molecule has 1 fully saturated rings. The van der Waals surface area contributed by atoms with Gasteiger partial charge >= 0.3 is 6.09 Å². The zero-order valence-electron chi connectivity index (χ0n) is 19.6. The third-order valence-electron chi connectivity index (χ3n) is 5.64. The monoisotopic (exact) mass is 457 g/mol. The summed E-state index contributed by atoms with van der Waals surface area (Å²) in [5.74, 6) is -0.637. The first kappa shape index (κ1) is 24.5. The highest BCUT2D eigenvalue weighted by molar-refractivity contribution is 5.91. The van der Waals surface area contributed by atoms with Crippen LogP contribution in [0.1, 0.15) is 39.2 Å². The molecule has 1 heterocycles. The van der Waals surface area contributed by atoms with E-state index in [1.54, 1.807) is 26.8 Å². The first-order valence-electron chi connectivity index (χ1n) is 11.0. The minimum absolute atomic E-state index is 0.220. The Balaban J connectivity index is 1.91. The number of carbonyl (C=O) groups excluding carboxylic acids is 2. The summed E-state index contributed by atoms with van der Waals surface area (Å²) in [6.45, 7) is 5.95. The summed E-state index contributed by atoms with van der Waals surface area (Å²) in [4.78, 5) is 27.4. The molecular weight excluding hydrogens is 425 g/mol. The molecule has 178 valence electrons. The molecule has 0 aliphatic carbocycles. The summed E-state index contributed by atoms with van der Waals surface area (Å²) in [7, 11) is 1.53. The minimum atomic E-state index is -1.18. The van der Waals surface area contributed by atoms with Crippen molar-refractivity contribution in [2.24, 2.45) is 0 Å². The summed E-state index contributed by atoms with van der Waals surface area (Å²) in [6, 6.07) is 11.8. The summed E-state index contributed by atoms with van der Waals surface area (Å²) in [5, 5.41) is 15.5. The number of rotatable bonds is 5. The van der Waals surface area contributed by atoms with Crippen molar-refractivity contribution in [3.05, 3.63) is 53.8 Å². The number of hydrogen-bond acceptors (Lipinski definition) is 5. The number of hydrogen-bond donors (Lipinski definition) is 3. The molecule has 1 saturated heterocycles. The number of piperidine rings is 1. The van der Waals surface area contributed by atoms with Gasteiger partial charge in [0.05, 0.1) is 13.2 Å². The van der Waals surface area contributed by atoms with Gasteiger partial charge in [-0.25, -0.2) is 9.18 Å². The fourth-order valence-electron chi connectivity index (χ4n) is 4.21. The third-order valence-corrected chi connectivity index (χ3v) is 5.64. The molecule has 0 aromatic heterocycles. The number of benzene rings is 2. The molecule has 0 radical (unpaired) electrons. The van der Waals surface area contributed by atoms with Gasteiger partial charge in [-0.15, -0.1) is 0 Å². The maximum Gasteiger partial charge on any atom is 0.408 e. The molecular formula is C25H32FN3O4. The zero-order chi connectivity index (χ0) is 24.2. The van der Waals surface area contributed by atoms with Crippen LogP contribution in [-0.2, 0) is 16.1 Å². The lowest BCUT2D eigenvalue weighted by atomic mass is 9.87. The molecule has 0 saturated carbocycles. The van der Waals surface area contributed by atoms with Crippen LogP contribution in [-0.4, -0.2) is 48.4 Å². The zero-order valence-corrected chi connectivity index (χ0v) is 19.6. The number of aliphatic hydroxyl groups is 1. The second kappa shape index (κ2) is 9.79. The molecule has 0 bridgehead atoms. The lowest BCUT2D eigenvalue weighted by Crippen LogP contribution is -2.66. The number of likely N-dealkylation sites (N-methyl/N-ethyl adjacent to an activating group) is 1. The lowest BCUT2D eigenvalue weighted by molar-refractivity contribution is -0.127. The fraction of sp³-hybridized carbons (Fsp3) is 0.440. The van der Waals surface area contributed by atoms with Crippen molar-refractivity contribution in [1.29, 1.82) is 0 Å². The predicted octanol–water partition coefficient (Wildman–Crippen LogP) is 3.59. The maximum atomic E-state index is 13.7. The second-order valence-electron chi connectivity index (χ2n) is 9.33. The molecule has 3 rings (SSSR count). The van der Waals surface area contributed by atoms with Gasteiger partial charge in [0.1, 0.15) is 17.0 Å². The average Bonchev–Trinajstić information content (AvgIpc) is 2.76. The molecule has 1 aliphatic rings. The summed E-state index contributed by atoms with van der Waals surface area (Å²) in [5.41, 5.74) is 1.03. The number of alkyl carbamates (subject to hydrolysis) is 1. The number of amides is 2. The molecule has 2 amide bonds. The molecule has 2 aromatic rings. The highest BCUT2D eigenvalue weighted by Gasteiger charge is 2.44. The van der Waals surface area contributed by atoms with Gasteiger partial charge in [-0.05, 0) is 69.0 Å². The standard InChI is InChI=1S/C25H32FN3O4/c1-24(2,3)33-23(32)28-25(22(31)27-4)11-6-12-29(16-25)21-10-9-18(13-19(21)15-30)17-7-5-8-20(26)14-17/h5,7-10,13-14,30H,6,11-12,15-16H2,1-4H3,(H,27,31)(H,28,32). The minimum Gasteiger partial charge on any atom is -0.444 e. The van der Waals surface area contributed by atoms with Crippen molar-refractivity contribution < 1.29 is 23.8 Å². The van der Waals surface area contributed by atoms with Gasteiger partial charge in [0, 0.05) is 24.8 Å². The van der Waals surface area contributed by atoms with Gasteiger partial charge in [-0.1, -0.05) is 18.2 Å². The van der Waals surface area contributed by atoms with Gasteiger partial charge in [-0.2, -0.15) is 0 Å². The van der Waals surface area contributed by atoms with E-state index in [0.29, 0.717) is 30.5 Å². The number of anilines is 1. The Morgan fingerprint density at radius 1 is 1.18 bits per heavy atom. The van der Waals surface area contributed by atoms with E-state index in [2.05, 4.69) is 10.6 Å². The lowest BCUT2D eigenvalue weighted by Gasteiger charge is -2.43. The first-order chi connectivity index (χ1) is 15.6. The Morgan fingerprint density at radius 2 is 1.91 bits per heavy atom. The van der Waals surface area contributed by atoms with Crippen LogP contribution in [0.2, 0.25) is 0 Å². The molecule has 1 unspecified atom stereocenters. The molecule has 8 heteroatoms. The SMILES string of the molecule is CNC(=O)C1(NC(=O)OC(C)(C)C)CCCN(c2ccc(-c3cccc(F)c3)cc2CO)C1. The van der Waals surface area contributed by atoms with Crippen LogP contribution >= 0.6 is 0 Å². The first-order valence-corrected chi connectivity index (χ1v) is 11.0. The van der Waals surface area contributed by atoms with Gasteiger partial charge in [-0.3, -0.25) is 4.79 Å². The predicted molar refractivity (Wildman–Crippen MR) is 125 cm³/mol. The number of halogens is 1. The van der Waals surface area contributed by atoms with E-state index in [9.17, 15) is 19.1 Å². The molecule has 0 spiro atoms. The number of nitrogens with zero attached hydrogens (tertiary/aromatic N) is 1. The van der Waals surface area contributed by atoms with E-state index in [0.717, 1.165) is 11.3 Å². The smallest absolute Gasteiger partial charge is 0.408 e. The average molecular weight is 458 g/mol. The third kappa shape index (κ3) is 5.82. The van der Waals surface area contributed by atoms with Crippen molar-refractivity contribution in [3.63, 3.8) is 0 Å². The fourth-order valence-corrected chi connectivity index (χ4v) is 4.21. The van der Waals surface area contributed by atoms with Gasteiger partial charge in [0.25, 0.3) is 0 Å². The molecule has 33 heavy (non-hydrogen) atoms. The van der Waals surface area contributed by atoms with Gasteiger partial charge < -0.3 is 25.4 Å². The van der Waals surface area contributed by atoms with Gasteiger partial charge in [0.2, 0.25) is 5.91 Å².